The first kappa shape index (κ1) is 18.9. The second-order valence-corrected chi connectivity index (χ2v) is 7.27. The van der Waals surface area contributed by atoms with Gasteiger partial charge in [0.2, 0.25) is 0 Å². The topological polar surface area (TPSA) is 84.7 Å². The average Bonchev–Trinajstić information content (AvgIpc) is 3.17. The summed E-state index contributed by atoms with van der Waals surface area (Å²) in [6, 6.07) is 7.42. The molecule has 0 atom stereocenters. The first-order valence-electron chi connectivity index (χ1n) is 9.23. The van der Waals surface area contributed by atoms with E-state index in [-0.39, 0.29) is 17.5 Å². The van der Waals surface area contributed by atoms with Gasteiger partial charge in [0.15, 0.2) is 0 Å². The second kappa shape index (κ2) is 8.24. The zero-order valence-corrected chi connectivity index (χ0v) is 15.7. The van der Waals surface area contributed by atoms with Crippen molar-refractivity contribution in [2.75, 3.05) is 19.7 Å². The molecule has 1 amide bonds. The minimum absolute atomic E-state index is 0.00450. The van der Waals surface area contributed by atoms with Gasteiger partial charge in [0.1, 0.15) is 5.75 Å². The summed E-state index contributed by atoms with van der Waals surface area (Å²) in [4.78, 5) is 25.6. The molecule has 27 heavy (non-hydrogen) atoms. The van der Waals surface area contributed by atoms with Crippen LogP contribution in [-0.2, 0) is 0 Å². The fourth-order valence-corrected chi connectivity index (χ4v) is 3.15. The summed E-state index contributed by atoms with van der Waals surface area (Å²) in [6.45, 7) is 6.01. The Morgan fingerprint density at radius 3 is 2.63 bits per heavy atom. The first-order valence-corrected chi connectivity index (χ1v) is 9.23. The number of nitrogens with zero attached hydrogens (tertiary/aromatic N) is 3. The Morgan fingerprint density at radius 2 is 2.00 bits per heavy atom. The highest BCUT2D eigenvalue weighted by atomic mass is 16.5. The Labute approximate surface area is 158 Å². The van der Waals surface area contributed by atoms with Crippen molar-refractivity contribution in [3.63, 3.8) is 0 Å². The van der Waals surface area contributed by atoms with Crippen LogP contribution in [-0.4, -0.2) is 51.4 Å². The number of hydrogen-bond acceptors (Lipinski definition) is 4. The summed E-state index contributed by atoms with van der Waals surface area (Å²) in [6.07, 6.45) is 4.41. The van der Waals surface area contributed by atoms with Crippen LogP contribution < -0.4 is 4.74 Å². The standard InChI is InChI=1S/C20H25N3O4/c1-14(2)13-27-18-5-3-4-15(10-18)19(24)22-8-6-17(7-9-22)23-12-16(11-21-23)20(25)26/h3-5,10-12,14,17H,6-9,13H2,1-2H3,(H,25,26). The smallest absolute Gasteiger partial charge is 0.338 e. The van der Waals surface area contributed by atoms with Gasteiger partial charge in [0.05, 0.1) is 24.4 Å². The van der Waals surface area contributed by atoms with Crippen LogP contribution in [0.2, 0.25) is 0 Å². The molecule has 1 aliphatic rings. The van der Waals surface area contributed by atoms with Crippen LogP contribution in [0.3, 0.4) is 0 Å². The van der Waals surface area contributed by atoms with Gasteiger partial charge in [-0.15, -0.1) is 0 Å². The van der Waals surface area contributed by atoms with Gasteiger partial charge in [-0.05, 0) is 37.0 Å². The number of piperidine rings is 1. The third-order valence-corrected chi connectivity index (χ3v) is 4.64. The molecule has 1 N–H and O–H groups in total. The lowest BCUT2D eigenvalue weighted by molar-refractivity contribution is 0.0688. The number of ether oxygens (including phenoxy) is 1. The monoisotopic (exact) mass is 371 g/mol. The molecule has 0 aliphatic carbocycles. The van der Waals surface area contributed by atoms with E-state index in [9.17, 15) is 9.59 Å². The summed E-state index contributed by atoms with van der Waals surface area (Å²) in [5.41, 5.74) is 0.814. The second-order valence-electron chi connectivity index (χ2n) is 7.27. The van der Waals surface area contributed by atoms with E-state index in [0.717, 1.165) is 12.8 Å². The minimum atomic E-state index is -0.978. The molecule has 2 heterocycles. The molecule has 2 aromatic rings. The van der Waals surface area contributed by atoms with Crippen molar-refractivity contribution in [1.82, 2.24) is 14.7 Å². The molecule has 0 unspecified atom stereocenters. The maximum atomic E-state index is 12.8. The van der Waals surface area contributed by atoms with E-state index in [1.165, 1.54) is 6.20 Å². The van der Waals surface area contributed by atoms with Crippen molar-refractivity contribution < 1.29 is 19.4 Å². The van der Waals surface area contributed by atoms with Gasteiger partial charge in [-0.1, -0.05) is 19.9 Å². The quantitative estimate of drug-likeness (QED) is 0.843. The predicted octanol–water partition coefficient (Wildman–Crippen LogP) is 3.09. The van der Waals surface area contributed by atoms with Gasteiger partial charge in [-0.2, -0.15) is 5.10 Å². The molecule has 0 bridgehead atoms. The normalized spacial score (nSPS) is 15.1. The molecular weight excluding hydrogens is 346 g/mol. The van der Waals surface area contributed by atoms with E-state index in [1.807, 2.05) is 23.1 Å². The highest BCUT2D eigenvalue weighted by Crippen LogP contribution is 2.24. The molecule has 3 rings (SSSR count). The molecule has 7 nitrogen and oxygen atoms in total. The number of benzene rings is 1. The Balaban J connectivity index is 1.59. The van der Waals surface area contributed by atoms with Crippen molar-refractivity contribution in [2.24, 2.45) is 5.92 Å². The van der Waals surface area contributed by atoms with Gasteiger partial charge in [0, 0.05) is 24.8 Å². The highest BCUT2D eigenvalue weighted by molar-refractivity contribution is 5.94. The van der Waals surface area contributed by atoms with Gasteiger partial charge in [-0.3, -0.25) is 9.48 Å². The lowest BCUT2D eigenvalue weighted by Gasteiger charge is -2.32. The molecule has 144 valence electrons. The summed E-state index contributed by atoms with van der Waals surface area (Å²) in [7, 11) is 0. The van der Waals surface area contributed by atoms with Crippen LogP contribution in [0, 0.1) is 5.92 Å². The average molecular weight is 371 g/mol. The van der Waals surface area contributed by atoms with Crippen LogP contribution in [0.25, 0.3) is 0 Å². The number of carbonyl (C=O) groups excluding carboxylic acids is 1. The molecule has 0 saturated carbocycles. The number of likely N-dealkylation sites (tertiary alicyclic amines) is 1. The molecule has 1 fully saturated rings. The molecule has 0 spiro atoms. The minimum Gasteiger partial charge on any atom is -0.493 e. The van der Waals surface area contributed by atoms with Crippen molar-refractivity contribution >= 4 is 11.9 Å². The fourth-order valence-electron chi connectivity index (χ4n) is 3.15. The molecule has 1 aromatic heterocycles. The third kappa shape index (κ3) is 4.67. The summed E-state index contributed by atoms with van der Waals surface area (Å²) < 4.78 is 7.41. The largest absolute Gasteiger partial charge is 0.493 e. The number of rotatable bonds is 6. The third-order valence-electron chi connectivity index (χ3n) is 4.64. The Bertz CT molecular complexity index is 807. The van der Waals surface area contributed by atoms with E-state index in [4.69, 9.17) is 9.84 Å². The van der Waals surface area contributed by atoms with Crippen molar-refractivity contribution in [3.8, 4) is 5.75 Å². The number of aromatic nitrogens is 2. The van der Waals surface area contributed by atoms with Crippen LogP contribution in [0.5, 0.6) is 5.75 Å². The summed E-state index contributed by atoms with van der Waals surface area (Å²) in [5.74, 6) is 0.151. The van der Waals surface area contributed by atoms with Crippen molar-refractivity contribution in [1.29, 1.82) is 0 Å². The van der Waals surface area contributed by atoms with Gasteiger partial charge in [0.25, 0.3) is 5.91 Å². The number of carboxylic acids is 1. The maximum Gasteiger partial charge on any atom is 0.338 e. The number of hydrogen-bond donors (Lipinski definition) is 1. The zero-order chi connectivity index (χ0) is 19.4. The van der Waals surface area contributed by atoms with Crippen LogP contribution in [0.4, 0.5) is 0 Å². The summed E-state index contributed by atoms with van der Waals surface area (Å²) >= 11 is 0. The van der Waals surface area contributed by atoms with Crippen LogP contribution >= 0.6 is 0 Å². The van der Waals surface area contributed by atoms with Gasteiger partial charge in [-0.25, -0.2) is 4.79 Å². The highest BCUT2D eigenvalue weighted by Gasteiger charge is 2.25. The Hall–Kier alpha value is -2.83. The van der Waals surface area contributed by atoms with Gasteiger partial charge >= 0.3 is 5.97 Å². The predicted molar refractivity (Wildman–Crippen MR) is 100 cm³/mol. The molecular formula is C20H25N3O4. The maximum absolute atomic E-state index is 12.8. The number of aromatic carboxylic acids is 1. The Morgan fingerprint density at radius 1 is 1.26 bits per heavy atom. The lowest BCUT2D eigenvalue weighted by atomic mass is 10.0. The molecule has 1 saturated heterocycles. The van der Waals surface area contributed by atoms with E-state index < -0.39 is 5.97 Å². The number of amides is 1. The molecule has 0 radical (unpaired) electrons. The van der Waals surface area contributed by atoms with Crippen molar-refractivity contribution in [2.45, 2.75) is 32.7 Å². The summed E-state index contributed by atoms with van der Waals surface area (Å²) in [5, 5.41) is 13.2. The lowest BCUT2D eigenvalue weighted by Crippen LogP contribution is -2.39. The SMILES string of the molecule is CC(C)COc1cccc(C(=O)N2CCC(n3cc(C(=O)O)cn3)CC2)c1. The van der Waals surface area contributed by atoms with Crippen molar-refractivity contribution in [3.05, 3.63) is 47.8 Å². The molecule has 7 heteroatoms. The number of carboxylic acid groups (broad SMARTS) is 1. The molecule has 1 aromatic carbocycles. The van der Waals surface area contributed by atoms with E-state index in [0.29, 0.717) is 36.9 Å². The number of carbonyl (C=O) groups is 2. The van der Waals surface area contributed by atoms with E-state index in [1.54, 1.807) is 16.9 Å². The Kier molecular flexibility index (Phi) is 5.78. The fraction of sp³-hybridized carbons (Fsp3) is 0.450. The zero-order valence-electron chi connectivity index (χ0n) is 15.7. The van der Waals surface area contributed by atoms with Crippen LogP contribution in [0.1, 0.15) is 53.4 Å². The van der Waals surface area contributed by atoms with E-state index >= 15 is 0 Å². The molecule has 1 aliphatic heterocycles. The first-order chi connectivity index (χ1) is 12.9. The van der Waals surface area contributed by atoms with Crippen LogP contribution in [0.15, 0.2) is 36.7 Å². The van der Waals surface area contributed by atoms with Gasteiger partial charge < -0.3 is 14.7 Å². The van der Waals surface area contributed by atoms with E-state index in [2.05, 4.69) is 18.9 Å².